The first-order valence-electron chi connectivity index (χ1n) is 5.11. The van der Waals surface area contributed by atoms with Crippen LogP contribution in [0.4, 0.5) is 0 Å². The molecule has 18 heavy (non-hydrogen) atoms. The summed E-state index contributed by atoms with van der Waals surface area (Å²) >= 11 is 5.66. The molecule has 0 saturated carbocycles. The van der Waals surface area contributed by atoms with Gasteiger partial charge in [-0.25, -0.2) is 9.99 Å². The minimum atomic E-state index is -0.529. The fourth-order valence-corrected chi connectivity index (χ4v) is 1.28. The summed E-state index contributed by atoms with van der Waals surface area (Å²) in [4.78, 5) is 13.8. The summed E-state index contributed by atoms with van der Waals surface area (Å²) in [5.74, 6) is 0.292. The maximum Gasteiger partial charge on any atom is 0.275 e. The molecule has 1 rings (SSSR count). The lowest BCUT2D eigenvalue weighted by Crippen LogP contribution is -2.36. The normalized spacial score (nSPS) is 11.4. The van der Waals surface area contributed by atoms with E-state index in [9.17, 15) is 10.1 Å². The summed E-state index contributed by atoms with van der Waals surface area (Å²) in [6, 6.07) is 3.45. The summed E-state index contributed by atoms with van der Waals surface area (Å²) in [5, 5.41) is 15.4. The van der Waals surface area contributed by atoms with Crippen LogP contribution in [0.15, 0.2) is 30.4 Å². The Balaban J connectivity index is 2.61. The Kier molecular flexibility index (Phi) is 5.34. The Morgan fingerprint density at radius 3 is 2.83 bits per heavy atom. The second kappa shape index (κ2) is 6.77. The van der Waals surface area contributed by atoms with Crippen LogP contribution in [0.5, 0.6) is 0 Å². The lowest BCUT2D eigenvalue weighted by Gasteiger charge is -2.16. The third-order valence-corrected chi connectivity index (χ3v) is 2.07. The number of hydrazine groups is 1. The third kappa shape index (κ3) is 5.46. The number of hydrogen-bond acceptors (Lipinski definition) is 6. The average Bonchev–Trinajstić information content (AvgIpc) is 2.26. The summed E-state index contributed by atoms with van der Waals surface area (Å²) in [5.41, 5.74) is 3.66. The molecule has 0 radical (unpaired) electrons. The van der Waals surface area contributed by atoms with E-state index in [0.717, 1.165) is 11.8 Å². The quantitative estimate of drug-likeness (QED) is 0.456. The van der Waals surface area contributed by atoms with Crippen LogP contribution in [-0.4, -0.2) is 29.0 Å². The highest BCUT2D eigenvalue weighted by Gasteiger charge is 2.03. The van der Waals surface area contributed by atoms with Crippen LogP contribution in [0.1, 0.15) is 5.56 Å². The molecule has 1 heterocycles. The number of halogens is 1. The zero-order chi connectivity index (χ0) is 13.5. The smallest absolute Gasteiger partial charge is 0.275 e. The van der Waals surface area contributed by atoms with Crippen molar-refractivity contribution >= 4 is 11.6 Å². The van der Waals surface area contributed by atoms with Gasteiger partial charge in [-0.05, 0) is 11.6 Å². The van der Waals surface area contributed by atoms with Crippen LogP contribution in [0.3, 0.4) is 0 Å². The highest BCUT2D eigenvalue weighted by molar-refractivity contribution is 6.29. The zero-order valence-corrected chi connectivity index (χ0v) is 10.8. The number of nitrogens with one attached hydrogen (secondary N) is 2. The number of aromatic nitrogens is 1. The number of nitrogens with zero attached hydrogens (tertiary/aromatic N) is 3. The third-order valence-electron chi connectivity index (χ3n) is 1.85. The minimum absolute atomic E-state index is 0.292. The van der Waals surface area contributed by atoms with Gasteiger partial charge in [0, 0.05) is 26.8 Å². The van der Waals surface area contributed by atoms with Gasteiger partial charge < -0.3 is 10.7 Å². The second-order valence-electron chi connectivity index (χ2n) is 3.68. The molecule has 0 unspecified atom stereocenters. The van der Waals surface area contributed by atoms with E-state index in [1.165, 1.54) is 0 Å². The first-order chi connectivity index (χ1) is 8.47. The van der Waals surface area contributed by atoms with Crippen molar-refractivity contribution in [2.75, 3.05) is 14.1 Å². The fraction of sp³-hybridized carbons (Fsp3) is 0.300. The van der Waals surface area contributed by atoms with E-state index >= 15 is 0 Å². The molecule has 0 spiro atoms. The fourth-order valence-electron chi connectivity index (χ4n) is 1.17. The lowest BCUT2D eigenvalue weighted by molar-refractivity contribution is -0.404. The van der Waals surface area contributed by atoms with Crippen LogP contribution in [0.25, 0.3) is 0 Å². The standard InChI is InChI=1S/C10H14ClN5O2/c1-15(2)14-10(7-16(17)18)13-6-8-3-4-9(11)12-5-8/h3-5,7,13-14H,6H2,1-2H3/b10-7-. The van der Waals surface area contributed by atoms with E-state index in [1.807, 2.05) is 0 Å². The van der Waals surface area contributed by atoms with Crippen molar-refractivity contribution in [1.29, 1.82) is 0 Å². The molecule has 0 fully saturated rings. The molecule has 0 atom stereocenters. The molecule has 1 aromatic rings. The van der Waals surface area contributed by atoms with Gasteiger partial charge in [0.15, 0.2) is 5.82 Å². The molecule has 1 aromatic heterocycles. The van der Waals surface area contributed by atoms with Gasteiger partial charge in [0.25, 0.3) is 6.20 Å². The SMILES string of the molecule is CN(C)N/C(=C\[N+](=O)[O-])NCc1ccc(Cl)nc1. The predicted molar refractivity (Wildman–Crippen MR) is 68.0 cm³/mol. The van der Waals surface area contributed by atoms with Gasteiger partial charge in [0.05, 0.1) is 4.92 Å². The monoisotopic (exact) mass is 271 g/mol. The van der Waals surface area contributed by atoms with E-state index in [1.54, 1.807) is 37.4 Å². The van der Waals surface area contributed by atoms with Crippen LogP contribution < -0.4 is 10.7 Å². The largest absolute Gasteiger partial charge is 0.362 e. The zero-order valence-electron chi connectivity index (χ0n) is 10.1. The maximum atomic E-state index is 10.4. The van der Waals surface area contributed by atoms with Gasteiger partial charge >= 0.3 is 0 Å². The number of nitro groups is 1. The van der Waals surface area contributed by atoms with Crippen LogP contribution in [0, 0.1) is 10.1 Å². The van der Waals surface area contributed by atoms with Gasteiger partial charge in [-0.3, -0.25) is 10.1 Å². The molecule has 0 aromatic carbocycles. The van der Waals surface area contributed by atoms with Crippen molar-refractivity contribution in [3.05, 3.63) is 51.2 Å². The molecule has 0 aliphatic rings. The molecular weight excluding hydrogens is 258 g/mol. The maximum absolute atomic E-state index is 10.4. The molecule has 2 N–H and O–H groups in total. The van der Waals surface area contributed by atoms with Gasteiger partial charge in [0.2, 0.25) is 0 Å². The Morgan fingerprint density at radius 1 is 1.61 bits per heavy atom. The Labute approximate surface area is 110 Å². The average molecular weight is 272 g/mol. The van der Waals surface area contributed by atoms with E-state index in [4.69, 9.17) is 11.6 Å². The molecule has 0 bridgehead atoms. The molecular formula is C10H14ClN5O2. The minimum Gasteiger partial charge on any atom is -0.362 e. The van der Waals surface area contributed by atoms with Crippen molar-refractivity contribution < 1.29 is 4.92 Å². The van der Waals surface area contributed by atoms with Crippen molar-refractivity contribution in [2.24, 2.45) is 0 Å². The van der Waals surface area contributed by atoms with E-state index < -0.39 is 4.92 Å². The molecule has 0 aliphatic carbocycles. The highest BCUT2D eigenvalue weighted by Crippen LogP contribution is 2.05. The molecule has 0 saturated heterocycles. The topological polar surface area (TPSA) is 83.3 Å². The molecule has 0 amide bonds. The first kappa shape index (κ1) is 14.2. The summed E-state index contributed by atoms with van der Waals surface area (Å²) in [7, 11) is 3.47. The van der Waals surface area contributed by atoms with E-state index in [-0.39, 0.29) is 0 Å². The van der Waals surface area contributed by atoms with E-state index in [2.05, 4.69) is 15.7 Å². The summed E-state index contributed by atoms with van der Waals surface area (Å²) in [6.45, 7) is 0.407. The molecule has 7 nitrogen and oxygen atoms in total. The first-order valence-corrected chi connectivity index (χ1v) is 5.49. The van der Waals surface area contributed by atoms with Crippen molar-refractivity contribution in [1.82, 2.24) is 20.7 Å². The Morgan fingerprint density at radius 2 is 2.33 bits per heavy atom. The number of pyridine rings is 1. The molecule has 8 heteroatoms. The number of rotatable bonds is 6. The van der Waals surface area contributed by atoms with Gasteiger partial charge in [0.1, 0.15) is 5.15 Å². The van der Waals surface area contributed by atoms with Crippen LogP contribution >= 0.6 is 11.6 Å². The van der Waals surface area contributed by atoms with Crippen molar-refractivity contribution in [3.8, 4) is 0 Å². The second-order valence-corrected chi connectivity index (χ2v) is 4.06. The summed E-state index contributed by atoms with van der Waals surface area (Å²) in [6.07, 6.45) is 2.47. The van der Waals surface area contributed by atoms with Crippen LogP contribution in [-0.2, 0) is 6.54 Å². The molecule has 98 valence electrons. The lowest BCUT2D eigenvalue weighted by atomic mass is 10.3. The highest BCUT2D eigenvalue weighted by atomic mass is 35.5. The van der Waals surface area contributed by atoms with Gasteiger partial charge in [-0.1, -0.05) is 17.7 Å². The van der Waals surface area contributed by atoms with Crippen LogP contribution in [0.2, 0.25) is 5.15 Å². The Hall–Kier alpha value is -1.86. The van der Waals surface area contributed by atoms with Gasteiger partial charge in [-0.15, -0.1) is 0 Å². The van der Waals surface area contributed by atoms with E-state index in [0.29, 0.717) is 17.5 Å². The number of hydrogen-bond donors (Lipinski definition) is 2. The Bertz CT molecular complexity index is 432. The van der Waals surface area contributed by atoms with Gasteiger partial charge in [-0.2, -0.15) is 0 Å². The summed E-state index contributed by atoms with van der Waals surface area (Å²) < 4.78 is 0. The molecule has 0 aliphatic heterocycles. The van der Waals surface area contributed by atoms with Crippen molar-refractivity contribution in [2.45, 2.75) is 6.54 Å². The van der Waals surface area contributed by atoms with Crippen molar-refractivity contribution in [3.63, 3.8) is 0 Å². The predicted octanol–water partition coefficient (Wildman–Crippen LogP) is 0.966.